The van der Waals surface area contributed by atoms with E-state index in [1.165, 1.54) is 10.9 Å². The molecule has 0 spiro atoms. The number of hydrogen-bond acceptors (Lipinski definition) is 5. The largest absolute Gasteiger partial charge is 0.274 e. The van der Waals surface area contributed by atoms with Gasteiger partial charge in [-0.05, 0) is 11.1 Å². The normalized spacial score (nSPS) is 12.5. The van der Waals surface area contributed by atoms with Gasteiger partial charge in [0, 0.05) is 7.05 Å². The number of nitroso groups, excluding NO2 is 1. The molecule has 6 nitrogen and oxygen atoms in total. The molecule has 0 aliphatic heterocycles. The monoisotopic (exact) mass is 212 g/mol. The molecule has 1 aromatic heterocycles. The average molecular weight is 212 g/mol. The second kappa shape index (κ2) is 5.45. The standard InChI is InChI=1S/C9H16N4O2/c1-4-7(2)6-15-12-9-8(11-14)5-13(3)10-9/h5,7H,4,6H2,1-3H3,(H,10,12). The third kappa shape index (κ3) is 3.32. The van der Waals surface area contributed by atoms with E-state index in [0.717, 1.165) is 6.42 Å². The smallest absolute Gasteiger partial charge is 0.201 e. The van der Waals surface area contributed by atoms with Crippen molar-refractivity contribution in [1.29, 1.82) is 0 Å². The molecule has 0 amide bonds. The van der Waals surface area contributed by atoms with Gasteiger partial charge in [0.2, 0.25) is 5.82 Å². The maximum Gasteiger partial charge on any atom is 0.201 e. The molecule has 15 heavy (non-hydrogen) atoms. The molecule has 1 atom stereocenters. The maximum atomic E-state index is 10.4. The molecule has 1 heterocycles. The molecular formula is C9H16N4O2. The van der Waals surface area contributed by atoms with Crippen molar-refractivity contribution in [2.75, 3.05) is 12.1 Å². The van der Waals surface area contributed by atoms with Crippen molar-refractivity contribution in [3.8, 4) is 0 Å². The highest BCUT2D eigenvalue weighted by molar-refractivity contribution is 5.57. The first-order chi connectivity index (χ1) is 7.17. The summed E-state index contributed by atoms with van der Waals surface area (Å²) in [5, 5.41) is 6.82. The lowest BCUT2D eigenvalue weighted by molar-refractivity contribution is 0.153. The fourth-order valence-corrected chi connectivity index (χ4v) is 0.986. The highest BCUT2D eigenvalue weighted by Crippen LogP contribution is 2.21. The van der Waals surface area contributed by atoms with Crippen molar-refractivity contribution in [2.24, 2.45) is 18.1 Å². The SMILES string of the molecule is CCC(C)CONc1nn(C)cc1N=O. The predicted octanol–water partition coefficient (Wildman–Crippen LogP) is 2.21. The summed E-state index contributed by atoms with van der Waals surface area (Å²) in [7, 11) is 1.72. The summed E-state index contributed by atoms with van der Waals surface area (Å²) in [6, 6.07) is 0. The van der Waals surface area contributed by atoms with Gasteiger partial charge in [0.1, 0.15) is 0 Å². The van der Waals surface area contributed by atoms with Gasteiger partial charge in [0.05, 0.1) is 12.8 Å². The second-order valence-electron chi connectivity index (χ2n) is 3.55. The number of anilines is 1. The van der Waals surface area contributed by atoms with Gasteiger partial charge in [-0.1, -0.05) is 20.3 Å². The third-order valence-electron chi connectivity index (χ3n) is 2.14. The van der Waals surface area contributed by atoms with Gasteiger partial charge < -0.3 is 0 Å². The van der Waals surface area contributed by atoms with Crippen LogP contribution in [0, 0.1) is 10.8 Å². The highest BCUT2D eigenvalue weighted by Gasteiger charge is 2.08. The zero-order valence-corrected chi connectivity index (χ0v) is 9.23. The Labute approximate surface area is 88.5 Å². The van der Waals surface area contributed by atoms with Gasteiger partial charge in [0.25, 0.3) is 0 Å². The molecule has 0 saturated heterocycles. The van der Waals surface area contributed by atoms with E-state index in [2.05, 4.69) is 29.6 Å². The Kier molecular flexibility index (Phi) is 4.23. The molecule has 0 fully saturated rings. The molecule has 0 aliphatic carbocycles. The fourth-order valence-electron chi connectivity index (χ4n) is 0.986. The first kappa shape index (κ1) is 11.6. The van der Waals surface area contributed by atoms with Crippen LogP contribution in [0.2, 0.25) is 0 Å². The van der Waals surface area contributed by atoms with Gasteiger partial charge in [-0.3, -0.25) is 9.52 Å². The Morgan fingerprint density at radius 1 is 1.73 bits per heavy atom. The first-order valence-corrected chi connectivity index (χ1v) is 4.92. The lowest BCUT2D eigenvalue weighted by atomic mass is 10.1. The van der Waals surface area contributed by atoms with Crippen LogP contribution >= 0.6 is 0 Å². The minimum atomic E-state index is 0.252. The zero-order chi connectivity index (χ0) is 11.3. The van der Waals surface area contributed by atoms with E-state index >= 15 is 0 Å². The van der Waals surface area contributed by atoms with E-state index in [0.29, 0.717) is 18.3 Å². The molecule has 84 valence electrons. The van der Waals surface area contributed by atoms with E-state index in [1.807, 2.05) is 0 Å². The number of aryl methyl sites for hydroxylation is 1. The molecule has 1 aromatic rings. The van der Waals surface area contributed by atoms with Crippen LogP contribution in [-0.4, -0.2) is 16.4 Å². The van der Waals surface area contributed by atoms with Crippen LogP contribution in [0.3, 0.4) is 0 Å². The van der Waals surface area contributed by atoms with Gasteiger partial charge in [0.15, 0.2) is 5.69 Å². The van der Waals surface area contributed by atoms with Crippen molar-refractivity contribution in [3.63, 3.8) is 0 Å². The van der Waals surface area contributed by atoms with E-state index in [1.54, 1.807) is 7.05 Å². The maximum absolute atomic E-state index is 10.4. The van der Waals surface area contributed by atoms with Crippen LogP contribution in [-0.2, 0) is 11.9 Å². The molecule has 0 bridgehead atoms. The Morgan fingerprint density at radius 2 is 2.47 bits per heavy atom. The number of nitrogens with one attached hydrogen (secondary N) is 1. The Bertz CT molecular complexity index is 324. The van der Waals surface area contributed by atoms with Crippen LogP contribution in [0.25, 0.3) is 0 Å². The zero-order valence-electron chi connectivity index (χ0n) is 9.23. The summed E-state index contributed by atoms with van der Waals surface area (Å²) >= 11 is 0. The Hall–Kier alpha value is -1.43. The Morgan fingerprint density at radius 3 is 3.07 bits per heavy atom. The first-order valence-electron chi connectivity index (χ1n) is 4.92. The van der Waals surface area contributed by atoms with Crippen LogP contribution in [0.4, 0.5) is 11.5 Å². The summed E-state index contributed by atoms with van der Waals surface area (Å²) in [5.41, 5.74) is 2.88. The van der Waals surface area contributed by atoms with Crippen LogP contribution in [0.15, 0.2) is 11.4 Å². The second-order valence-corrected chi connectivity index (χ2v) is 3.55. The summed E-state index contributed by atoms with van der Waals surface area (Å²) in [5.74, 6) is 0.824. The van der Waals surface area contributed by atoms with E-state index < -0.39 is 0 Å². The molecule has 1 unspecified atom stereocenters. The van der Waals surface area contributed by atoms with Crippen molar-refractivity contribution in [3.05, 3.63) is 11.1 Å². The highest BCUT2D eigenvalue weighted by atomic mass is 16.6. The van der Waals surface area contributed by atoms with Crippen molar-refractivity contribution in [2.45, 2.75) is 20.3 Å². The van der Waals surface area contributed by atoms with Crippen molar-refractivity contribution < 1.29 is 4.84 Å². The number of hydrogen-bond donors (Lipinski definition) is 1. The van der Waals surface area contributed by atoms with Gasteiger partial charge >= 0.3 is 0 Å². The molecule has 0 saturated carbocycles. The molecule has 1 N–H and O–H groups in total. The van der Waals surface area contributed by atoms with E-state index in [-0.39, 0.29) is 5.69 Å². The van der Waals surface area contributed by atoms with Crippen molar-refractivity contribution >= 4 is 11.5 Å². The molecule has 1 rings (SSSR count). The van der Waals surface area contributed by atoms with Crippen LogP contribution in [0.5, 0.6) is 0 Å². The van der Waals surface area contributed by atoms with Crippen molar-refractivity contribution in [1.82, 2.24) is 9.78 Å². The number of aromatic nitrogens is 2. The lowest BCUT2D eigenvalue weighted by Crippen LogP contribution is -2.10. The molecule has 6 heteroatoms. The minimum absolute atomic E-state index is 0.252. The van der Waals surface area contributed by atoms with Gasteiger partial charge in [-0.2, -0.15) is 5.10 Å². The summed E-state index contributed by atoms with van der Waals surface area (Å²) in [6.07, 6.45) is 2.57. The molecule has 0 radical (unpaired) electrons. The minimum Gasteiger partial charge on any atom is -0.274 e. The van der Waals surface area contributed by atoms with Gasteiger partial charge in [-0.25, -0.2) is 5.48 Å². The summed E-state index contributed by atoms with van der Waals surface area (Å²) in [4.78, 5) is 15.6. The van der Waals surface area contributed by atoms with E-state index in [4.69, 9.17) is 4.84 Å². The average Bonchev–Trinajstić information content (AvgIpc) is 2.58. The fraction of sp³-hybridized carbons (Fsp3) is 0.667. The molecule has 0 aliphatic rings. The number of nitrogens with zero attached hydrogens (tertiary/aromatic N) is 3. The van der Waals surface area contributed by atoms with Crippen LogP contribution in [0.1, 0.15) is 20.3 Å². The Balaban J connectivity index is 2.46. The van der Waals surface area contributed by atoms with Gasteiger partial charge in [-0.15, -0.1) is 4.91 Å². The van der Waals surface area contributed by atoms with E-state index in [9.17, 15) is 4.91 Å². The molecular weight excluding hydrogens is 196 g/mol. The third-order valence-corrected chi connectivity index (χ3v) is 2.14. The quantitative estimate of drug-likeness (QED) is 0.579. The summed E-state index contributed by atoms with van der Waals surface area (Å²) < 4.78 is 1.51. The lowest BCUT2D eigenvalue weighted by Gasteiger charge is -2.08. The number of rotatable bonds is 6. The summed E-state index contributed by atoms with van der Waals surface area (Å²) in [6.45, 7) is 4.75. The predicted molar refractivity (Wildman–Crippen MR) is 57.7 cm³/mol. The molecule has 0 aromatic carbocycles. The topological polar surface area (TPSA) is 68.5 Å². The van der Waals surface area contributed by atoms with Crippen LogP contribution < -0.4 is 5.48 Å².